The molecule has 0 saturated heterocycles. The molecule has 2 rings (SSSR count). The van der Waals surface area contributed by atoms with Gasteiger partial charge in [-0.3, -0.25) is 4.79 Å². The second-order valence-electron chi connectivity index (χ2n) is 5.28. The zero-order valence-electron chi connectivity index (χ0n) is 11.8. The van der Waals surface area contributed by atoms with Crippen molar-refractivity contribution in [3.63, 3.8) is 0 Å². The number of nitrogens with one attached hydrogen (secondary N) is 1. The highest BCUT2D eigenvalue weighted by molar-refractivity contribution is 7.90. The summed E-state index contributed by atoms with van der Waals surface area (Å²) >= 11 is 0. The lowest BCUT2D eigenvalue weighted by atomic mass is 9.97. The maximum absolute atomic E-state index is 12.3. The number of rotatable bonds is 4. The number of sulfone groups is 1. The van der Waals surface area contributed by atoms with Crippen LogP contribution in [0.5, 0.6) is 0 Å². The predicted molar refractivity (Wildman–Crippen MR) is 79.5 cm³/mol. The van der Waals surface area contributed by atoms with Crippen molar-refractivity contribution in [3.05, 3.63) is 29.8 Å². The summed E-state index contributed by atoms with van der Waals surface area (Å²) in [7, 11) is -1.40. The Labute approximate surface area is 119 Å². The topological polar surface area (TPSA) is 66.5 Å². The van der Waals surface area contributed by atoms with Gasteiger partial charge in [0.15, 0.2) is 0 Å². The lowest BCUT2D eigenvalue weighted by molar-refractivity contribution is -0.130. The van der Waals surface area contributed by atoms with E-state index in [-0.39, 0.29) is 24.2 Å². The number of fused-ring (bicyclic) bond motifs is 1. The van der Waals surface area contributed by atoms with E-state index >= 15 is 0 Å². The van der Waals surface area contributed by atoms with Gasteiger partial charge in [-0.15, -0.1) is 0 Å². The van der Waals surface area contributed by atoms with Gasteiger partial charge >= 0.3 is 0 Å². The maximum atomic E-state index is 12.3. The normalized spacial score (nSPS) is 18.0. The highest BCUT2D eigenvalue weighted by Crippen LogP contribution is 2.24. The van der Waals surface area contributed by atoms with Gasteiger partial charge in [-0.05, 0) is 24.5 Å². The second-order valence-corrected chi connectivity index (χ2v) is 7.54. The molecule has 5 nitrogen and oxygen atoms in total. The Morgan fingerprint density at radius 2 is 2.10 bits per heavy atom. The minimum absolute atomic E-state index is 0.00144. The summed E-state index contributed by atoms with van der Waals surface area (Å²) in [5.41, 5.74) is 2.21. The third-order valence-corrected chi connectivity index (χ3v) is 4.45. The summed E-state index contributed by atoms with van der Waals surface area (Å²) in [6.45, 7) is 0.234. The molecule has 0 bridgehead atoms. The minimum atomic E-state index is -3.05. The van der Waals surface area contributed by atoms with Crippen molar-refractivity contribution in [1.82, 2.24) is 4.90 Å². The quantitative estimate of drug-likeness (QED) is 0.897. The summed E-state index contributed by atoms with van der Waals surface area (Å²) in [5, 5.41) is 3.23. The molecule has 1 aliphatic heterocycles. The summed E-state index contributed by atoms with van der Waals surface area (Å²) < 4.78 is 22.3. The van der Waals surface area contributed by atoms with Crippen LogP contribution in [0.15, 0.2) is 24.3 Å². The molecule has 6 heteroatoms. The number of carbonyl (C=O) groups is 1. The third-order valence-electron chi connectivity index (χ3n) is 3.52. The van der Waals surface area contributed by atoms with Gasteiger partial charge in [0.05, 0.1) is 5.75 Å². The van der Waals surface area contributed by atoms with Crippen molar-refractivity contribution in [1.29, 1.82) is 0 Å². The van der Waals surface area contributed by atoms with Crippen molar-refractivity contribution >= 4 is 21.4 Å². The van der Waals surface area contributed by atoms with Crippen LogP contribution >= 0.6 is 0 Å². The molecular formula is C14H20N2O3S. The molecule has 1 amide bonds. The first-order valence-electron chi connectivity index (χ1n) is 6.64. The Morgan fingerprint density at radius 3 is 2.80 bits per heavy atom. The van der Waals surface area contributed by atoms with Crippen LogP contribution in [0, 0.1) is 0 Å². The molecule has 1 aliphatic rings. The van der Waals surface area contributed by atoms with Crippen molar-refractivity contribution in [3.8, 4) is 0 Å². The highest BCUT2D eigenvalue weighted by atomic mass is 32.2. The monoisotopic (exact) mass is 296 g/mol. The molecule has 110 valence electrons. The van der Waals surface area contributed by atoms with Crippen LogP contribution in [0.2, 0.25) is 0 Å². The average Bonchev–Trinajstić information content (AvgIpc) is 2.42. The molecule has 0 radical (unpaired) electrons. The number of amides is 1. The Hall–Kier alpha value is -1.56. The molecule has 0 aromatic heterocycles. The number of para-hydroxylation sites is 1. The van der Waals surface area contributed by atoms with E-state index in [9.17, 15) is 13.2 Å². The van der Waals surface area contributed by atoms with Gasteiger partial charge in [-0.2, -0.15) is 0 Å². The summed E-state index contributed by atoms with van der Waals surface area (Å²) in [5.74, 6) is -0.0541. The van der Waals surface area contributed by atoms with Crippen molar-refractivity contribution < 1.29 is 13.2 Å². The van der Waals surface area contributed by atoms with E-state index in [1.54, 1.807) is 7.05 Å². The van der Waals surface area contributed by atoms with Crippen LogP contribution in [-0.2, 0) is 21.1 Å². The molecule has 1 N–H and O–H groups in total. The van der Waals surface area contributed by atoms with Gasteiger partial charge in [0.25, 0.3) is 0 Å². The fourth-order valence-corrected chi connectivity index (χ4v) is 2.91. The Bertz CT molecular complexity index is 598. The number of carbonyl (C=O) groups excluding carboxylic acids is 1. The molecule has 0 fully saturated rings. The SMILES string of the molecule is CN(CCS(C)(=O)=O)C(=O)C1CCc2ccccc2N1. The summed E-state index contributed by atoms with van der Waals surface area (Å²) in [4.78, 5) is 13.8. The van der Waals surface area contributed by atoms with E-state index in [0.717, 1.165) is 18.5 Å². The van der Waals surface area contributed by atoms with E-state index in [4.69, 9.17) is 0 Å². The van der Waals surface area contributed by atoms with E-state index in [1.165, 1.54) is 16.7 Å². The second kappa shape index (κ2) is 5.83. The number of benzene rings is 1. The molecule has 1 unspecified atom stereocenters. The Kier molecular flexibility index (Phi) is 4.32. The third kappa shape index (κ3) is 3.72. The number of hydrogen-bond donors (Lipinski definition) is 1. The van der Waals surface area contributed by atoms with Crippen LogP contribution in [0.3, 0.4) is 0 Å². The first kappa shape index (κ1) is 14.8. The van der Waals surface area contributed by atoms with Gasteiger partial charge in [0.2, 0.25) is 5.91 Å². The van der Waals surface area contributed by atoms with Crippen molar-refractivity contribution in [2.24, 2.45) is 0 Å². The average molecular weight is 296 g/mol. The van der Waals surface area contributed by atoms with Gasteiger partial charge in [-0.1, -0.05) is 18.2 Å². The van der Waals surface area contributed by atoms with Crippen LogP contribution in [-0.4, -0.2) is 50.9 Å². The highest BCUT2D eigenvalue weighted by Gasteiger charge is 2.26. The summed E-state index contributed by atoms with van der Waals surface area (Å²) in [6.07, 6.45) is 2.78. The first-order valence-corrected chi connectivity index (χ1v) is 8.70. The van der Waals surface area contributed by atoms with Gasteiger partial charge < -0.3 is 10.2 Å². The van der Waals surface area contributed by atoms with E-state index in [1.807, 2.05) is 18.2 Å². The van der Waals surface area contributed by atoms with Crippen LogP contribution < -0.4 is 5.32 Å². The Morgan fingerprint density at radius 1 is 1.40 bits per heavy atom. The number of aryl methyl sites for hydroxylation is 1. The van der Waals surface area contributed by atoms with Crippen LogP contribution in [0.1, 0.15) is 12.0 Å². The lowest BCUT2D eigenvalue weighted by Crippen LogP contribution is -2.44. The number of anilines is 1. The fraction of sp³-hybridized carbons (Fsp3) is 0.500. The van der Waals surface area contributed by atoms with Crippen molar-refractivity contribution in [2.45, 2.75) is 18.9 Å². The maximum Gasteiger partial charge on any atom is 0.244 e. The number of hydrogen-bond acceptors (Lipinski definition) is 4. The van der Waals surface area contributed by atoms with Gasteiger partial charge in [-0.25, -0.2) is 8.42 Å². The molecular weight excluding hydrogens is 276 g/mol. The van der Waals surface area contributed by atoms with Gasteiger partial charge in [0.1, 0.15) is 15.9 Å². The van der Waals surface area contributed by atoms with Crippen LogP contribution in [0.4, 0.5) is 5.69 Å². The Balaban J connectivity index is 1.97. The summed E-state index contributed by atoms with van der Waals surface area (Å²) in [6, 6.07) is 7.67. The largest absolute Gasteiger partial charge is 0.373 e. The molecule has 1 atom stereocenters. The first-order chi connectivity index (χ1) is 9.37. The van der Waals surface area contributed by atoms with Crippen molar-refractivity contribution in [2.75, 3.05) is 30.9 Å². The molecule has 0 aliphatic carbocycles. The molecule has 20 heavy (non-hydrogen) atoms. The fourth-order valence-electron chi connectivity index (χ4n) is 2.30. The number of likely N-dealkylation sites (N-methyl/N-ethyl adjacent to an activating group) is 1. The van der Waals surface area contributed by atoms with E-state index in [0.29, 0.717) is 0 Å². The zero-order chi connectivity index (χ0) is 14.8. The molecule has 0 spiro atoms. The van der Waals surface area contributed by atoms with Gasteiger partial charge in [0, 0.05) is 25.5 Å². The predicted octanol–water partition coefficient (Wildman–Crippen LogP) is 0.916. The number of nitrogens with zero attached hydrogens (tertiary/aromatic N) is 1. The zero-order valence-corrected chi connectivity index (χ0v) is 12.6. The molecule has 1 aromatic rings. The smallest absolute Gasteiger partial charge is 0.244 e. The van der Waals surface area contributed by atoms with E-state index < -0.39 is 9.84 Å². The molecule has 1 heterocycles. The molecule has 1 aromatic carbocycles. The minimum Gasteiger partial charge on any atom is -0.373 e. The molecule has 0 saturated carbocycles. The van der Waals surface area contributed by atoms with Crippen LogP contribution in [0.25, 0.3) is 0 Å². The standard InChI is InChI=1S/C14H20N2O3S/c1-16(9-10-20(2,18)19)14(17)13-8-7-11-5-3-4-6-12(11)15-13/h3-6,13,15H,7-10H2,1-2H3. The van der Waals surface area contributed by atoms with E-state index in [2.05, 4.69) is 11.4 Å². The lowest BCUT2D eigenvalue weighted by Gasteiger charge is -2.29.